The number of para-hydroxylation sites is 1. The lowest BCUT2D eigenvalue weighted by Gasteiger charge is -2.32. The molecule has 2 heterocycles. The van der Waals surface area contributed by atoms with Gasteiger partial charge in [-0.05, 0) is 54.5 Å². The first-order valence-corrected chi connectivity index (χ1v) is 12.7. The predicted octanol–water partition coefficient (Wildman–Crippen LogP) is 3.78. The van der Waals surface area contributed by atoms with Gasteiger partial charge < -0.3 is 4.90 Å². The fourth-order valence-electron chi connectivity index (χ4n) is 5.31. The van der Waals surface area contributed by atoms with Crippen LogP contribution in [0.5, 0.6) is 0 Å². The molecule has 5 rings (SSSR count). The second-order valence-corrected chi connectivity index (χ2v) is 11.2. The van der Waals surface area contributed by atoms with Crippen LogP contribution in [0.25, 0.3) is 0 Å². The molecule has 5 nitrogen and oxygen atoms in total. The van der Waals surface area contributed by atoms with Gasteiger partial charge in [0.15, 0.2) is 0 Å². The molecule has 2 aromatic rings. The van der Waals surface area contributed by atoms with Gasteiger partial charge in [0.05, 0.1) is 11.7 Å². The van der Waals surface area contributed by atoms with Crippen molar-refractivity contribution < 1.29 is 13.2 Å². The quantitative estimate of drug-likeness (QED) is 0.721. The van der Waals surface area contributed by atoms with Crippen molar-refractivity contribution in [3.05, 3.63) is 64.7 Å². The maximum Gasteiger partial charge on any atom is 0.238 e. The summed E-state index contributed by atoms with van der Waals surface area (Å²) in [7, 11) is -3.14. The van der Waals surface area contributed by atoms with Gasteiger partial charge in [-0.2, -0.15) is 0 Å². The summed E-state index contributed by atoms with van der Waals surface area (Å²) < 4.78 is 25.1. The van der Waals surface area contributed by atoms with E-state index in [0.29, 0.717) is 30.6 Å². The van der Waals surface area contributed by atoms with Crippen LogP contribution in [0, 0.1) is 5.92 Å². The predicted molar refractivity (Wildman–Crippen MR) is 118 cm³/mol. The maximum absolute atomic E-state index is 13.7. The third-order valence-corrected chi connectivity index (χ3v) is 8.57. The van der Waals surface area contributed by atoms with Gasteiger partial charge in [-0.25, -0.2) is 12.7 Å². The lowest BCUT2D eigenvalue weighted by atomic mass is 9.92. The van der Waals surface area contributed by atoms with Crippen molar-refractivity contribution in [3.63, 3.8) is 0 Å². The summed E-state index contributed by atoms with van der Waals surface area (Å²) in [6, 6.07) is 16.0. The smallest absolute Gasteiger partial charge is 0.238 e. The van der Waals surface area contributed by atoms with Crippen LogP contribution in [0.1, 0.15) is 36.3 Å². The van der Waals surface area contributed by atoms with E-state index < -0.39 is 15.4 Å². The van der Waals surface area contributed by atoms with E-state index in [4.69, 9.17) is 11.6 Å². The average Bonchev–Trinajstić information content (AvgIpc) is 3.44. The molecule has 7 heteroatoms. The number of carbonyl (C=O) groups excluding carboxylic acids is 1. The molecule has 2 aliphatic heterocycles. The Kier molecular flexibility index (Phi) is 4.73. The van der Waals surface area contributed by atoms with Crippen LogP contribution >= 0.6 is 11.6 Å². The maximum atomic E-state index is 13.7. The average molecular weight is 445 g/mol. The van der Waals surface area contributed by atoms with Gasteiger partial charge in [0, 0.05) is 36.3 Å². The van der Waals surface area contributed by atoms with Crippen molar-refractivity contribution in [2.45, 2.75) is 30.6 Å². The van der Waals surface area contributed by atoms with Gasteiger partial charge in [0.25, 0.3) is 0 Å². The zero-order valence-corrected chi connectivity index (χ0v) is 18.5. The number of anilines is 1. The SMILES string of the molecule is CS(=O)(=O)N1CCC(CN2C(=O)[C@@]3(C[C@H]3c3ccc(Cl)cc3)c3ccccc32)CC1. The van der Waals surface area contributed by atoms with E-state index in [2.05, 4.69) is 6.07 Å². The Morgan fingerprint density at radius 3 is 2.40 bits per heavy atom. The van der Waals surface area contributed by atoms with Gasteiger partial charge in [-0.3, -0.25) is 4.79 Å². The fraction of sp³-hybridized carbons (Fsp3) is 0.435. The summed E-state index contributed by atoms with van der Waals surface area (Å²) in [5.41, 5.74) is 2.84. The van der Waals surface area contributed by atoms with E-state index in [1.54, 1.807) is 4.31 Å². The monoisotopic (exact) mass is 444 g/mol. The first-order chi connectivity index (χ1) is 14.3. The number of piperidine rings is 1. The Morgan fingerprint density at radius 1 is 1.07 bits per heavy atom. The molecule has 0 bridgehead atoms. The molecule has 158 valence electrons. The number of rotatable bonds is 4. The van der Waals surface area contributed by atoms with E-state index in [0.717, 1.165) is 36.1 Å². The summed E-state index contributed by atoms with van der Waals surface area (Å²) in [5.74, 6) is 0.678. The number of hydrogen-bond donors (Lipinski definition) is 0. The Hall–Kier alpha value is -1.89. The van der Waals surface area contributed by atoms with Crippen LogP contribution < -0.4 is 4.90 Å². The highest BCUT2D eigenvalue weighted by Crippen LogP contribution is 2.66. The van der Waals surface area contributed by atoms with E-state index in [1.165, 1.54) is 6.26 Å². The van der Waals surface area contributed by atoms with Crippen molar-refractivity contribution in [1.29, 1.82) is 0 Å². The molecular formula is C23H25ClN2O3S. The molecule has 1 saturated heterocycles. The van der Waals surface area contributed by atoms with Crippen LogP contribution in [0.3, 0.4) is 0 Å². The van der Waals surface area contributed by atoms with Gasteiger partial charge in [0.1, 0.15) is 0 Å². The van der Waals surface area contributed by atoms with Crippen LogP contribution in [0.2, 0.25) is 5.02 Å². The molecule has 2 atom stereocenters. The van der Waals surface area contributed by atoms with E-state index >= 15 is 0 Å². The second-order valence-electron chi connectivity index (χ2n) is 8.82. The molecule has 3 aliphatic rings. The van der Waals surface area contributed by atoms with Crippen molar-refractivity contribution >= 4 is 33.2 Å². The molecule has 2 fully saturated rings. The van der Waals surface area contributed by atoms with Gasteiger partial charge in [-0.15, -0.1) is 0 Å². The van der Waals surface area contributed by atoms with E-state index in [9.17, 15) is 13.2 Å². The summed E-state index contributed by atoms with van der Waals surface area (Å²) >= 11 is 6.05. The first kappa shape index (κ1) is 20.0. The number of benzene rings is 2. The number of nitrogens with zero attached hydrogens (tertiary/aromatic N) is 2. The summed E-state index contributed by atoms with van der Waals surface area (Å²) in [4.78, 5) is 15.7. The molecule has 0 unspecified atom stereocenters. The van der Waals surface area contributed by atoms with Crippen molar-refractivity contribution in [3.8, 4) is 0 Å². The molecule has 0 radical (unpaired) electrons. The zero-order valence-electron chi connectivity index (χ0n) is 16.9. The minimum Gasteiger partial charge on any atom is -0.311 e. The number of carbonyl (C=O) groups is 1. The fourth-order valence-corrected chi connectivity index (χ4v) is 6.31. The topological polar surface area (TPSA) is 57.7 Å². The van der Waals surface area contributed by atoms with Crippen LogP contribution in [0.4, 0.5) is 5.69 Å². The molecule has 1 amide bonds. The van der Waals surface area contributed by atoms with Crippen LogP contribution in [-0.4, -0.2) is 44.5 Å². The number of halogens is 1. The molecule has 1 spiro atoms. The molecule has 0 aromatic heterocycles. The zero-order chi connectivity index (χ0) is 21.1. The Balaban J connectivity index is 1.38. The third kappa shape index (κ3) is 3.17. The van der Waals surface area contributed by atoms with Crippen molar-refractivity contribution in [1.82, 2.24) is 4.31 Å². The lowest BCUT2D eigenvalue weighted by molar-refractivity contribution is -0.120. The Labute approximate surface area is 182 Å². The first-order valence-electron chi connectivity index (χ1n) is 10.4. The van der Waals surface area contributed by atoms with Crippen molar-refractivity contribution in [2.75, 3.05) is 30.8 Å². The highest BCUT2D eigenvalue weighted by atomic mass is 35.5. The minimum absolute atomic E-state index is 0.181. The molecular weight excluding hydrogens is 420 g/mol. The highest BCUT2D eigenvalue weighted by Gasteiger charge is 2.67. The third-order valence-electron chi connectivity index (χ3n) is 7.02. The Bertz CT molecular complexity index is 1090. The van der Waals surface area contributed by atoms with Gasteiger partial charge >= 0.3 is 0 Å². The van der Waals surface area contributed by atoms with Crippen molar-refractivity contribution in [2.24, 2.45) is 5.92 Å². The molecule has 1 saturated carbocycles. The second kappa shape index (κ2) is 7.08. The van der Waals surface area contributed by atoms with E-state index in [-0.39, 0.29) is 11.8 Å². The van der Waals surface area contributed by atoms with E-state index in [1.807, 2.05) is 47.4 Å². The number of sulfonamides is 1. The highest BCUT2D eigenvalue weighted by molar-refractivity contribution is 7.88. The summed E-state index contributed by atoms with van der Waals surface area (Å²) in [5, 5.41) is 0.702. The normalized spacial score (nSPS) is 26.9. The molecule has 2 aromatic carbocycles. The Morgan fingerprint density at radius 2 is 1.73 bits per heavy atom. The number of hydrogen-bond acceptors (Lipinski definition) is 3. The van der Waals surface area contributed by atoms with Gasteiger partial charge in [0.2, 0.25) is 15.9 Å². The molecule has 1 aliphatic carbocycles. The number of fused-ring (bicyclic) bond motifs is 2. The lowest BCUT2D eigenvalue weighted by Crippen LogP contribution is -2.43. The summed E-state index contributed by atoms with van der Waals surface area (Å²) in [6.07, 6.45) is 3.66. The van der Waals surface area contributed by atoms with Crippen LogP contribution in [0.15, 0.2) is 48.5 Å². The minimum atomic E-state index is -3.14. The summed E-state index contributed by atoms with van der Waals surface area (Å²) in [6.45, 7) is 1.72. The number of amides is 1. The van der Waals surface area contributed by atoms with Gasteiger partial charge in [-0.1, -0.05) is 41.9 Å². The van der Waals surface area contributed by atoms with Crippen LogP contribution in [-0.2, 0) is 20.2 Å². The molecule has 0 N–H and O–H groups in total. The standard InChI is InChI=1S/C23H25ClN2O3S/c1-30(28,29)25-12-10-16(11-13-25)15-26-21-5-3-2-4-19(21)23(22(26)27)14-20(23)17-6-8-18(24)9-7-17/h2-9,16,20H,10-15H2,1H3/t20-,23-/m0/s1. The largest absolute Gasteiger partial charge is 0.311 e. The molecule has 30 heavy (non-hydrogen) atoms.